The zero-order valence-electron chi connectivity index (χ0n) is 40.1. The topological polar surface area (TPSA) is 221 Å². The molecule has 17 nitrogen and oxygen atoms in total. The molecule has 0 unspecified atom stereocenters. The third kappa shape index (κ3) is 11.5. The van der Waals surface area contributed by atoms with Gasteiger partial charge in [-0.1, -0.05) is 39.0 Å². The molecule has 3 saturated heterocycles. The number of likely N-dealkylation sites (N-methyl/N-ethyl adjacent to an activating group) is 2. The molecule has 3 aliphatic heterocycles. The second-order valence-electron chi connectivity index (χ2n) is 19.4. The number of amides is 2. The highest BCUT2D eigenvalue weighted by Gasteiger charge is 2.58. The molecule has 0 radical (unpaired) electrons. The smallest absolute Gasteiger partial charge is 0.324 e. The fourth-order valence-corrected chi connectivity index (χ4v) is 10.0. The molecular formula is C46H80N4O13. The number of nitrogens with zero attached hydrogens (tertiary/aromatic N) is 2. The van der Waals surface area contributed by atoms with Crippen molar-refractivity contribution in [2.75, 3.05) is 46.2 Å². The lowest BCUT2D eigenvalue weighted by Gasteiger charge is -2.53. The predicted octanol–water partition coefficient (Wildman–Crippen LogP) is 2.77. The van der Waals surface area contributed by atoms with Crippen molar-refractivity contribution >= 4 is 17.7 Å². The Morgan fingerprint density at radius 2 is 1.60 bits per heavy atom. The zero-order valence-corrected chi connectivity index (χ0v) is 40.1. The first-order valence-corrected chi connectivity index (χ1v) is 22.6. The summed E-state index contributed by atoms with van der Waals surface area (Å²) in [5.74, 6) is -2.97. The summed E-state index contributed by atoms with van der Waals surface area (Å²) < 4.78 is 38.4. The van der Waals surface area contributed by atoms with Gasteiger partial charge in [0.05, 0.1) is 42.0 Å². The van der Waals surface area contributed by atoms with Crippen LogP contribution < -0.4 is 15.5 Å². The van der Waals surface area contributed by atoms with Crippen molar-refractivity contribution in [3.63, 3.8) is 0 Å². The number of aliphatic hydroxyl groups excluding tert-OH is 2. The third-order valence-electron chi connectivity index (χ3n) is 14.2. The van der Waals surface area contributed by atoms with E-state index >= 15 is 0 Å². The molecule has 4 rings (SSSR count). The fourth-order valence-electron chi connectivity index (χ4n) is 10.0. The first-order valence-electron chi connectivity index (χ1n) is 22.6. The van der Waals surface area contributed by atoms with Crippen LogP contribution in [0.3, 0.4) is 0 Å². The van der Waals surface area contributed by atoms with Crippen LogP contribution >= 0.6 is 0 Å². The molecule has 1 aromatic carbocycles. The van der Waals surface area contributed by atoms with Gasteiger partial charge in [-0.2, -0.15) is 0 Å². The lowest BCUT2D eigenvalue weighted by molar-refractivity contribution is -0.336. The average Bonchev–Trinajstić information content (AvgIpc) is 3.23. The molecule has 63 heavy (non-hydrogen) atoms. The van der Waals surface area contributed by atoms with Crippen molar-refractivity contribution in [3.8, 4) is 0 Å². The van der Waals surface area contributed by atoms with Crippen LogP contribution in [0.5, 0.6) is 0 Å². The number of hydrogen-bond acceptors (Lipinski definition) is 15. The molecule has 3 heterocycles. The van der Waals surface area contributed by atoms with Crippen LogP contribution in [0.15, 0.2) is 30.3 Å². The maximum Gasteiger partial charge on any atom is 0.324 e. The number of carbonyl (C=O) groups is 2. The largest absolute Gasteiger partial charge is 0.459 e. The van der Waals surface area contributed by atoms with E-state index in [4.69, 9.17) is 28.4 Å². The van der Waals surface area contributed by atoms with Crippen LogP contribution in [0.2, 0.25) is 0 Å². The van der Waals surface area contributed by atoms with Crippen molar-refractivity contribution in [2.24, 2.45) is 17.8 Å². The molecule has 0 saturated carbocycles. The van der Waals surface area contributed by atoms with Gasteiger partial charge in [0.15, 0.2) is 12.6 Å². The van der Waals surface area contributed by atoms with Gasteiger partial charge in [0.1, 0.15) is 35.1 Å². The quantitative estimate of drug-likeness (QED) is 0.168. The lowest BCUT2D eigenvalue weighted by Crippen LogP contribution is -2.69. The van der Waals surface area contributed by atoms with Crippen LogP contribution in [0.1, 0.15) is 94.9 Å². The monoisotopic (exact) mass is 897 g/mol. The minimum absolute atomic E-state index is 0.0411. The molecule has 0 bridgehead atoms. The Morgan fingerprint density at radius 1 is 0.968 bits per heavy atom. The molecule has 0 spiro atoms. The Morgan fingerprint density at radius 3 is 2.19 bits per heavy atom. The first-order chi connectivity index (χ1) is 29.3. The molecule has 362 valence electrons. The third-order valence-corrected chi connectivity index (χ3v) is 14.2. The predicted molar refractivity (Wildman–Crippen MR) is 237 cm³/mol. The Labute approximate surface area is 375 Å². The van der Waals surface area contributed by atoms with Gasteiger partial charge in [0.25, 0.3) is 0 Å². The minimum atomic E-state index is -1.86. The lowest BCUT2D eigenvalue weighted by atomic mass is 9.75. The van der Waals surface area contributed by atoms with Crippen molar-refractivity contribution in [1.82, 2.24) is 15.5 Å². The highest BCUT2D eigenvalue weighted by atomic mass is 16.7. The highest BCUT2D eigenvalue weighted by molar-refractivity contribution is 5.91. The van der Waals surface area contributed by atoms with E-state index in [1.807, 2.05) is 44.2 Å². The van der Waals surface area contributed by atoms with Gasteiger partial charge in [-0.15, -0.1) is 0 Å². The standard InChI is InChI=1S/C46H80N4O13/c1-15-34-45(10,56)38(52)30(6)48-24-26(2)22-43(8,55)39(63-41-36(51)33(21-27(3)59-41)50(13)42(54)49(12)32-19-17-16-18-20-32)28(4)37(29(5)40(53)61-34)62-35-23-44(9,58-14)46(57,25-47-11)31(7)60-35/h16-20,26-31,33-39,41,47-48,51-52,55-57H,15,21-25H2,1-14H3/t26-,27-,28+,29-,30-,31+,33+,34-,35+,36-,37+,38-,39-,41+,43-,44-,45-,46+/m1/s1. The van der Waals surface area contributed by atoms with E-state index in [1.54, 1.807) is 69.6 Å². The van der Waals surface area contributed by atoms with Gasteiger partial charge in [0, 0.05) is 51.8 Å². The number of nitrogens with one attached hydrogen (secondary N) is 2. The summed E-state index contributed by atoms with van der Waals surface area (Å²) in [7, 11) is 6.50. The molecule has 3 aliphatic rings. The summed E-state index contributed by atoms with van der Waals surface area (Å²) in [4.78, 5) is 31.3. The molecule has 1 aromatic rings. The number of rotatable bonds is 10. The summed E-state index contributed by atoms with van der Waals surface area (Å²) in [5.41, 5.74) is -5.53. The summed E-state index contributed by atoms with van der Waals surface area (Å²) in [6, 6.07) is 7.40. The summed E-state index contributed by atoms with van der Waals surface area (Å²) in [5, 5.41) is 66.2. The van der Waals surface area contributed by atoms with Crippen LogP contribution in [0.4, 0.5) is 10.5 Å². The minimum Gasteiger partial charge on any atom is -0.459 e. The van der Waals surface area contributed by atoms with Crippen LogP contribution in [0.25, 0.3) is 0 Å². The number of urea groups is 1. The van der Waals surface area contributed by atoms with Gasteiger partial charge in [0.2, 0.25) is 0 Å². The van der Waals surface area contributed by atoms with Crippen molar-refractivity contribution < 1.29 is 63.5 Å². The van der Waals surface area contributed by atoms with Crippen LogP contribution in [0, 0.1) is 17.8 Å². The van der Waals surface area contributed by atoms with E-state index in [0.29, 0.717) is 18.7 Å². The van der Waals surface area contributed by atoms with E-state index in [1.165, 1.54) is 23.8 Å². The summed E-state index contributed by atoms with van der Waals surface area (Å²) in [6.07, 6.45) is -9.21. The molecule has 3 fully saturated rings. The molecule has 17 heteroatoms. The normalized spacial score (nSPS) is 43.6. The second-order valence-corrected chi connectivity index (χ2v) is 19.4. The van der Waals surface area contributed by atoms with Crippen LogP contribution in [-0.2, 0) is 33.2 Å². The summed E-state index contributed by atoms with van der Waals surface area (Å²) in [6.45, 7) is 17.6. The number of ether oxygens (including phenoxy) is 6. The number of hydrogen-bond donors (Lipinski definition) is 7. The van der Waals surface area contributed by atoms with Gasteiger partial charge in [-0.25, -0.2) is 4.79 Å². The highest BCUT2D eigenvalue weighted by Crippen LogP contribution is 2.43. The summed E-state index contributed by atoms with van der Waals surface area (Å²) >= 11 is 0. The Hall–Kier alpha value is -2.52. The number of anilines is 1. The van der Waals surface area contributed by atoms with Crippen molar-refractivity contribution in [1.29, 1.82) is 0 Å². The van der Waals surface area contributed by atoms with Gasteiger partial charge in [-0.05, 0) is 99.4 Å². The van der Waals surface area contributed by atoms with Crippen LogP contribution in [-0.4, -0.2) is 174 Å². The van der Waals surface area contributed by atoms with E-state index in [0.717, 1.165) is 0 Å². The molecule has 0 aromatic heterocycles. The molecular weight excluding hydrogens is 817 g/mol. The fraction of sp³-hybridized carbons (Fsp3) is 0.826. The zero-order chi connectivity index (χ0) is 47.4. The maximum atomic E-state index is 14.4. The average molecular weight is 897 g/mol. The van der Waals surface area contributed by atoms with E-state index in [-0.39, 0.29) is 37.8 Å². The van der Waals surface area contributed by atoms with Gasteiger partial charge in [-0.3, -0.25) is 9.69 Å². The van der Waals surface area contributed by atoms with E-state index in [2.05, 4.69) is 10.6 Å². The number of carbonyl (C=O) groups excluding carboxylic acids is 2. The number of benzene rings is 1. The molecule has 18 atom stereocenters. The van der Waals surface area contributed by atoms with Gasteiger partial charge >= 0.3 is 12.0 Å². The SMILES string of the molecule is CC[C@H]1OC(=O)[C@H](C)[C@@H](O[C@H]2C[C@@](C)(OC)[C@](O)(CNC)[C@H](C)O2)[C@H](C)[C@@H](O[C@@H]2O[C@H](C)C[C@H](N(C)C(=O)N(C)c3ccccc3)[C@H]2O)[C@](C)(O)C[C@@H](C)CN[C@H](C)[C@@H](O)[C@]1(C)O. The Kier molecular flexibility index (Phi) is 18.0. The van der Waals surface area contributed by atoms with Gasteiger partial charge < -0.3 is 69.5 Å². The van der Waals surface area contributed by atoms with E-state index < -0.39 is 108 Å². The second kappa shape index (κ2) is 21.4. The molecule has 7 N–H and O–H groups in total. The maximum absolute atomic E-state index is 14.4. The van der Waals surface area contributed by atoms with Crippen molar-refractivity contribution in [3.05, 3.63) is 30.3 Å². The number of aliphatic hydroxyl groups is 5. The molecule has 2 amide bonds. The number of cyclic esters (lactones) is 1. The molecule has 0 aliphatic carbocycles. The number of esters is 1. The number of methoxy groups -OCH3 is 1. The van der Waals surface area contributed by atoms with Crippen molar-refractivity contribution in [2.45, 2.75) is 185 Å². The van der Waals surface area contributed by atoms with E-state index in [9.17, 15) is 35.1 Å². The Balaban J connectivity index is 1.80. The first kappa shape index (κ1) is 53.1. The Bertz CT molecular complexity index is 1630. The number of para-hydroxylation sites is 1.